The predicted molar refractivity (Wildman–Crippen MR) is 388 cm³/mol. The molecule has 0 bridgehead atoms. The van der Waals surface area contributed by atoms with Crippen molar-refractivity contribution < 1.29 is 26.3 Å². The van der Waals surface area contributed by atoms with Crippen molar-refractivity contribution in [2.24, 2.45) is 0 Å². The van der Waals surface area contributed by atoms with Crippen LogP contribution in [0.1, 0.15) is 77.9 Å². The number of benzene rings is 12. The summed E-state index contributed by atoms with van der Waals surface area (Å²) in [7, 11) is 0. The SMILES string of the molecule is Cc1ccc2c(c1)c1cc(C)ccc1n2-c1cc(-c2ccc(C#N)cc2C(F)(F)F)cc(-n2c3ccc(C)cc3c3cc(C)ccc32)c1C#N.Cc1ccc2c(c1)c1cc(C)ccc1n2-c1cc(-c2ccc(C(F)(F)F)cc2C#N)cc(-n2c3ccc(C)cc3c3cc(C)ccc32)c1C#N. The van der Waals surface area contributed by atoms with Gasteiger partial charge in [0.25, 0.3) is 0 Å². The van der Waals surface area contributed by atoms with Crippen LogP contribution in [0.5, 0.6) is 0 Å². The van der Waals surface area contributed by atoms with Gasteiger partial charge in [-0.15, -0.1) is 0 Å². The standard InChI is InChI=1S/2C43H29F3N4/c1-24-5-11-37-32(15-24)33-16-25(2)6-12-38(33)49(37)41-20-28(31-10-9-30(43(44,45)46)19-29(31)22-47)21-42(36(41)23-48)50-39-13-7-26(3)17-34(39)35-18-27(4)8-14-40(35)50;1-24-5-11-37-31(15-24)32-16-25(2)6-12-38(32)49(37)41-20-29(30-10-9-28(22-47)19-36(30)43(44,45)46)21-42(35(41)23-48)50-39-13-7-26(3)17-33(39)34-18-27(4)8-14-40(34)50/h2*5-21H,1-4H3. The van der Waals surface area contributed by atoms with Crippen LogP contribution in [-0.4, -0.2) is 18.3 Å². The highest BCUT2D eigenvalue weighted by Gasteiger charge is 2.36. The minimum atomic E-state index is -4.74. The molecule has 0 saturated heterocycles. The first kappa shape index (κ1) is 63.4. The van der Waals surface area contributed by atoms with Crippen LogP contribution in [0.2, 0.25) is 0 Å². The first-order chi connectivity index (χ1) is 47.9. The second-order valence-corrected chi connectivity index (χ2v) is 26.2. The number of nitriles is 4. The molecule has 0 N–H and O–H groups in total. The van der Waals surface area contributed by atoms with Gasteiger partial charge in [-0.1, -0.05) is 105 Å². The van der Waals surface area contributed by atoms with Crippen molar-refractivity contribution in [3.05, 3.63) is 284 Å². The fourth-order valence-corrected chi connectivity index (χ4v) is 14.7. The Bertz CT molecular complexity index is 5880. The van der Waals surface area contributed by atoms with Gasteiger partial charge in [-0.05, 0) is 223 Å². The molecule has 8 nitrogen and oxygen atoms in total. The van der Waals surface area contributed by atoms with Gasteiger partial charge in [-0.25, -0.2) is 0 Å². The van der Waals surface area contributed by atoms with Gasteiger partial charge in [0, 0.05) is 43.1 Å². The molecular weight excluding hydrogens is 1260 g/mol. The molecule has 4 aromatic heterocycles. The Morgan fingerprint density at radius 2 is 0.540 bits per heavy atom. The number of rotatable bonds is 6. The van der Waals surface area contributed by atoms with E-state index < -0.39 is 23.5 Å². The molecule has 16 aromatic rings. The third-order valence-electron chi connectivity index (χ3n) is 19.2. The van der Waals surface area contributed by atoms with Crippen molar-refractivity contribution in [3.8, 4) is 69.3 Å². The van der Waals surface area contributed by atoms with Crippen LogP contribution in [-0.2, 0) is 12.4 Å². The number of hydrogen-bond donors (Lipinski definition) is 0. The summed E-state index contributed by atoms with van der Waals surface area (Å²) in [6.45, 7) is 16.2. The van der Waals surface area contributed by atoms with Gasteiger partial charge < -0.3 is 18.3 Å². The van der Waals surface area contributed by atoms with Gasteiger partial charge in [0.05, 0.1) is 101 Å². The van der Waals surface area contributed by atoms with Gasteiger partial charge in [0.2, 0.25) is 0 Å². The Morgan fingerprint density at radius 1 is 0.270 bits per heavy atom. The Morgan fingerprint density at radius 3 is 0.780 bits per heavy atom. The van der Waals surface area contributed by atoms with E-state index in [-0.39, 0.29) is 22.3 Å². The fraction of sp³-hybridized carbons (Fsp3) is 0.116. The van der Waals surface area contributed by atoms with E-state index in [0.29, 0.717) is 45.0 Å². The number of halogens is 6. The van der Waals surface area contributed by atoms with Crippen LogP contribution >= 0.6 is 0 Å². The molecule has 0 aliphatic carbocycles. The first-order valence-electron chi connectivity index (χ1n) is 32.4. The summed E-state index contributed by atoms with van der Waals surface area (Å²) in [4.78, 5) is 0. The van der Waals surface area contributed by atoms with Crippen molar-refractivity contribution in [1.82, 2.24) is 18.3 Å². The van der Waals surface area contributed by atoms with E-state index in [1.54, 1.807) is 12.1 Å². The number of hydrogen-bond acceptors (Lipinski definition) is 4. The highest BCUT2D eigenvalue weighted by Crippen LogP contribution is 2.47. The average Bonchev–Trinajstić information content (AvgIpc) is 1.56. The van der Waals surface area contributed by atoms with Crippen LogP contribution < -0.4 is 0 Å². The quantitative estimate of drug-likeness (QED) is 0.154. The lowest BCUT2D eigenvalue weighted by molar-refractivity contribution is -0.138. The largest absolute Gasteiger partial charge is 0.417 e. The number of aryl methyl sites for hydroxylation is 8. The van der Waals surface area contributed by atoms with E-state index in [2.05, 4.69) is 69.8 Å². The molecule has 100 heavy (non-hydrogen) atoms. The first-order valence-corrected chi connectivity index (χ1v) is 32.4. The molecule has 0 aliphatic rings. The lowest BCUT2D eigenvalue weighted by Crippen LogP contribution is -2.09. The average molecular weight is 1320 g/mol. The highest BCUT2D eigenvalue weighted by molar-refractivity contribution is 6.14. The molecule has 484 valence electrons. The minimum absolute atomic E-state index is 0.0802. The van der Waals surface area contributed by atoms with Crippen LogP contribution in [0.25, 0.3) is 132 Å². The van der Waals surface area contributed by atoms with Crippen LogP contribution in [0.4, 0.5) is 26.3 Å². The normalized spacial score (nSPS) is 11.9. The third-order valence-corrected chi connectivity index (χ3v) is 19.2. The Kier molecular flexibility index (Phi) is 15.0. The van der Waals surface area contributed by atoms with Gasteiger partial charge >= 0.3 is 12.4 Å². The zero-order valence-corrected chi connectivity index (χ0v) is 55.5. The maximum Gasteiger partial charge on any atom is 0.417 e. The molecule has 0 spiro atoms. The van der Waals surface area contributed by atoms with Crippen molar-refractivity contribution in [3.63, 3.8) is 0 Å². The van der Waals surface area contributed by atoms with E-state index in [9.17, 15) is 47.4 Å². The van der Waals surface area contributed by atoms with Crippen molar-refractivity contribution in [1.29, 1.82) is 21.0 Å². The Labute approximate surface area is 571 Å². The maximum atomic E-state index is 14.8. The molecule has 0 saturated carbocycles. The summed E-state index contributed by atoms with van der Waals surface area (Å²) in [6.07, 6.45) is -9.34. The number of aromatic nitrogens is 4. The molecule has 0 amide bonds. The van der Waals surface area contributed by atoms with Gasteiger partial charge in [-0.2, -0.15) is 47.4 Å². The summed E-state index contributed by atoms with van der Waals surface area (Å²) in [5, 5.41) is 49.9. The molecule has 16 rings (SSSR count). The summed E-state index contributed by atoms with van der Waals surface area (Å²) in [6, 6.07) is 72.0. The highest BCUT2D eigenvalue weighted by atomic mass is 19.4. The molecular formula is C86H58F6N8. The van der Waals surface area contributed by atoms with Crippen molar-refractivity contribution in [2.45, 2.75) is 67.7 Å². The Hall–Kier alpha value is -12.6. The predicted octanol–water partition coefficient (Wildman–Crippen LogP) is 23.1. The van der Waals surface area contributed by atoms with Crippen molar-refractivity contribution in [2.75, 3.05) is 0 Å². The zero-order valence-electron chi connectivity index (χ0n) is 55.5. The number of fused-ring (bicyclic) bond motifs is 12. The monoisotopic (exact) mass is 1320 g/mol. The smallest absolute Gasteiger partial charge is 0.308 e. The van der Waals surface area contributed by atoms with Crippen LogP contribution in [0.15, 0.2) is 206 Å². The Balaban J connectivity index is 0.000000162. The molecule has 14 heteroatoms. The van der Waals surface area contributed by atoms with E-state index in [0.717, 1.165) is 150 Å². The zero-order chi connectivity index (χ0) is 70.1. The second-order valence-electron chi connectivity index (χ2n) is 26.2. The van der Waals surface area contributed by atoms with Crippen molar-refractivity contribution >= 4 is 87.2 Å². The lowest BCUT2D eigenvalue weighted by atomic mass is 9.94. The van der Waals surface area contributed by atoms with E-state index in [4.69, 9.17) is 0 Å². The summed E-state index contributed by atoms with van der Waals surface area (Å²) in [5.41, 5.74) is 17.3. The molecule has 0 radical (unpaired) electrons. The molecule has 12 aromatic carbocycles. The van der Waals surface area contributed by atoms with Gasteiger partial charge in [0.1, 0.15) is 23.3 Å². The van der Waals surface area contributed by atoms with Gasteiger partial charge in [0.15, 0.2) is 0 Å². The fourth-order valence-electron chi connectivity index (χ4n) is 14.7. The minimum Gasteiger partial charge on any atom is -0.308 e. The second kappa shape index (κ2) is 23.6. The van der Waals surface area contributed by atoms with Crippen LogP contribution in [0, 0.1) is 101 Å². The molecule has 0 atom stereocenters. The summed E-state index contributed by atoms with van der Waals surface area (Å²) >= 11 is 0. The van der Waals surface area contributed by atoms with Crippen LogP contribution in [0.3, 0.4) is 0 Å². The maximum absolute atomic E-state index is 14.8. The molecule has 0 fully saturated rings. The third kappa shape index (κ3) is 10.4. The molecule has 0 aliphatic heterocycles. The van der Waals surface area contributed by atoms with E-state index >= 15 is 0 Å². The summed E-state index contributed by atoms with van der Waals surface area (Å²) in [5.74, 6) is 0. The topological polar surface area (TPSA) is 115 Å². The van der Waals surface area contributed by atoms with E-state index in [1.165, 1.54) is 18.2 Å². The number of nitrogens with zero attached hydrogens (tertiary/aromatic N) is 8. The number of alkyl halides is 6. The van der Waals surface area contributed by atoms with Gasteiger partial charge in [-0.3, -0.25) is 0 Å². The van der Waals surface area contributed by atoms with E-state index in [1.807, 2.05) is 186 Å². The summed E-state index contributed by atoms with van der Waals surface area (Å²) < 4.78 is 93.8. The lowest BCUT2D eigenvalue weighted by Gasteiger charge is -2.20. The molecule has 0 unspecified atom stereocenters. The molecule has 4 heterocycles.